The average molecular weight is 504 g/mol. The predicted octanol–water partition coefficient (Wildman–Crippen LogP) is -7.57. The summed E-state index contributed by atoms with van der Waals surface area (Å²) in [5, 5.41) is 110. The van der Waals surface area contributed by atoms with Crippen LogP contribution >= 0.6 is 0 Å². The van der Waals surface area contributed by atoms with Crippen LogP contribution in [-0.4, -0.2) is 168 Å². The fourth-order valence-corrected chi connectivity index (χ4v) is 4.04. The standard InChI is InChI=1S/C18H32O16/c19-1-4-7(22)10(25)11(26)17(31-4)34-15-9(24)6(3-21)32-18(13(15)28)33-14-8(23)5(2-20)30-16(29)12(14)27/h4-29H,1-3H2/t4-,5-,6-,7+,8+,9+,10+,11-,12-,13-,14+,15+,16?,17-,18+/m1/s1. The van der Waals surface area contributed by atoms with Crippen molar-refractivity contribution in [1.29, 1.82) is 0 Å². The van der Waals surface area contributed by atoms with E-state index in [0.717, 1.165) is 0 Å². The van der Waals surface area contributed by atoms with Gasteiger partial charge in [-0.2, -0.15) is 0 Å². The molecule has 11 N–H and O–H groups in total. The van der Waals surface area contributed by atoms with Crippen molar-refractivity contribution in [3.8, 4) is 0 Å². The molecule has 0 spiro atoms. The zero-order valence-electron chi connectivity index (χ0n) is 17.7. The fourth-order valence-electron chi connectivity index (χ4n) is 4.04. The van der Waals surface area contributed by atoms with E-state index in [0.29, 0.717) is 0 Å². The Labute approximate surface area is 192 Å². The van der Waals surface area contributed by atoms with Gasteiger partial charge in [-0.15, -0.1) is 0 Å². The van der Waals surface area contributed by atoms with Crippen molar-refractivity contribution in [3.05, 3.63) is 0 Å². The van der Waals surface area contributed by atoms with Gasteiger partial charge in [-0.1, -0.05) is 0 Å². The smallest absolute Gasteiger partial charge is 0.187 e. The minimum atomic E-state index is -1.92. The van der Waals surface area contributed by atoms with Gasteiger partial charge in [-0.25, -0.2) is 0 Å². The van der Waals surface area contributed by atoms with Crippen LogP contribution in [0.3, 0.4) is 0 Å². The molecule has 3 aliphatic rings. The third-order valence-corrected chi connectivity index (χ3v) is 6.09. The van der Waals surface area contributed by atoms with Gasteiger partial charge in [0.25, 0.3) is 0 Å². The SMILES string of the molecule is OC[C@H]1O[C@H](O[C@H]2[C@@H](O)[C@@H](CO)O[C@@H](O[C@H]3[C@@H](O)[C@@H](CO)OC(O)[C@@H]3O)[C@@H]2O)[C@H](O)[C@@H](O)[C@H]1O. The van der Waals surface area contributed by atoms with Gasteiger partial charge in [0.05, 0.1) is 19.8 Å². The third kappa shape index (κ3) is 5.37. The summed E-state index contributed by atoms with van der Waals surface area (Å²) < 4.78 is 26.2. The first-order valence-corrected chi connectivity index (χ1v) is 10.6. The number of hydrogen-bond acceptors (Lipinski definition) is 16. The highest BCUT2D eigenvalue weighted by Gasteiger charge is 2.53. The van der Waals surface area contributed by atoms with E-state index in [1.54, 1.807) is 0 Å². The molecule has 200 valence electrons. The third-order valence-electron chi connectivity index (χ3n) is 6.09. The molecule has 0 amide bonds. The van der Waals surface area contributed by atoms with E-state index >= 15 is 0 Å². The Morgan fingerprint density at radius 2 is 0.853 bits per heavy atom. The van der Waals surface area contributed by atoms with Crippen LogP contribution in [0.2, 0.25) is 0 Å². The largest absolute Gasteiger partial charge is 0.394 e. The van der Waals surface area contributed by atoms with Crippen molar-refractivity contribution in [1.82, 2.24) is 0 Å². The molecule has 0 aromatic rings. The molecular formula is C18H32O16. The van der Waals surface area contributed by atoms with E-state index in [2.05, 4.69) is 0 Å². The Hall–Kier alpha value is -0.640. The van der Waals surface area contributed by atoms with Crippen LogP contribution in [0, 0.1) is 0 Å². The Morgan fingerprint density at radius 3 is 1.35 bits per heavy atom. The second-order valence-electron chi connectivity index (χ2n) is 8.33. The van der Waals surface area contributed by atoms with Gasteiger partial charge < -0.3 is 79.9 Å². The van der Waals surface area contributed by atoms with E-state index < -0.39 is 112 Å². The van der Waals surface area contributed by atoms with Gasteiger partial charge in [0.2, 0.25) is 0 Å². The Balaban J connectivity index is 1.78. The molecular weight excluding hydrogens is 472 g/mol. The van der Waals surface area contributed by atoms with E-state index in [4.69, 9.17) is 23.7 Å². The molecule has 3 aliphatic heterocycles. The normalized spacial score (nSPS) is 52.5. The highest BCUT2D eigenvalue weighted by molar-refractivity contribution is 4.96. The van der Waals surface area contributed by atoms with Gasteiger partial charge in [0, 0.05) is 0 Å². The molecule has 3 saturated heterocycles. The van der Waals surface area contributed by atoms with Crippen molar-refractivity contribution < 1.29 is 79.9 Å². The summed E-state index contributed by atoms with van der Waals surface area (Å²) >= 11 is 0. The molecule has 0 saturated carbocycles. The number of aliphatic hydroxyl groups excluding tert-OH is 11. The van der Waals surface area contributed by atoms with Gasteiger partial charge in [0.15, 0.2) is 18.9 Å². The Morgan fingerprint density at radius 1 is 0.441 bits per heavy atom. The van der Waals surface area contributed by atoms with Crippen molar-refractivity contribution in [2.75, 3.05) is 19.8 Å². The maximum atomic E-state index is 10.7. The van der Waals surface area contributed by atoms with E-state index in [-0.39, 0.29) is 0 Å². The number of aliphatic hydroxyl groups is 11. The van der Waals surface area contributed by atoms with E-state index in [9.17, 15) is 56.2 Å². The van der Waals surface area contributed by atoms with Crippen molar-refractivity contribution in [3.63, 3.8) is 0 Å². The minimum Gasteiger partial charge on any atom is -0.394 e. The molecule has 34 heavy (non-hydrogen) atoms. The molecule has 0 bridgehead atoms. The lowest BCUT2D eigenvalue weighted by Gasteiger charge is -2.47. The number of ether oxygens (including phenoxy) is 5. The van der Waals surface area contributed by atoms with Gasteiger partial charge in [-0.3, -0.25) is 0 Å². The van der Waals surface area contributed by atoms with Gasteiger partial charge in [-0.05, 0) is 0 Å². The molecule has 0 aromatic heterocycles. The lowest BCUT2D eigenvalue weighted by molar-refractivity contribution is -0.379. The summed E-state index contributed by atoms with van der Waals surface area (Å²) in [6, 6.07) is 0. The second kappa shape index (κ2) is 11.6. The van der Waals surface area contributed by atoms with Crippen molar-refractivity contribution >= 4 is 0 Å². The number of rotatable bonds is 7. The summed E-state index contributed by atoms with van der Waals surface area (Å²) in [7, 11) is 0. The van der Waals surface area contributed by atoms with Crippen molar-refractivity contribution in [2.24, 2.45) is 0 Å². The molecule has 3 heterocycles. The molecule has 3 rings (SSSR count). The highest BCUT2D eigenvalue weighted by Crippen LogP contribution is 2.32. The molecule has 3 fully saturated rings. The topological polar surface area (TPSA) is 269 Å². The van der Waals surface area contributed by atoms with Crippen LogP contribution in [0.25, 0.3) is 0 Å². The summed E-state index contributed by atoms with van der Waals surface area (Å²) in [6.45, 7) is -2.33. The first kappa shape index (κ1) is 27.9. The van der Waals surface area contributed by atoms with Gasteiger partial charge in [0.1, 0.15) is 73.2 Å². The van der Waals surface area contributed by atoms with Crippen molar-refractivity contribution in [2.45, 2.75) is 92.1 Å². The maximum Gasteiger partial charge on any atom is 0.187 e. The molecule has 16 nitrogen and oxygen atoms in total. The van der Waals surface area contributed by atoms with Crippen LogP contribution in [-0.2, 0) is 23.7 Å². The summed E-state index contributed by atoms with van der Waals surface area (Å²) in [6.07, 6.45) is -25.5. The molecule has 0 radical (unpaired) electrons. The maximum absolute atomic E-state index is 10.7. The molecule has 15 atom stereocenters. The van der Waals surface area contributed by atoms with Crippen LogP contribution in [0.1, 0.15) is 0 Å². The Kier molecular flexibility index (Phi) is 9.54. The van der Waals surface area contributed by atoms with Crippen LogP contribution in [0.5, 0.6) is 0 Å². The van der Waals surface area contributed by atoms with Crippen LogP contribution < -0.4 is 0 Å². The lowest BCUT2D eigenvalue weighted by atomic mass is 9.96. The van der Waals surface area contributed by atoms with Crippen LogP contribution in [0.15, 0.2) is 0 Å². The minimum absolute atomic E-state index is 0.750. The molecule has 0 aliphatic carbocycles. The molecule has 0 aromatic carbocycles. The zero-order valence-corrected chi connectivity index (χ0v) is 17.7. The molecule has 16 heteroatoms. The monoisotopic (exact) mass is 504 g/mol. The van der Waals surface area contributed by atoms with E-state index in [1.165, 1.54) is 0 Å². The Bertz CT molecular complexity index is 639. The fraction of sp³-hybridized carbons (Fsp3) is 1.00. The quantitative estimate of drug-likeness (QED) is 0.154. The molecule has 1 unspecified atom stereocenters. The predicted molar refractivity (Wildman–Crippen MR) is 101 cm³/mol. The summed E-state index contributed by atoms with van der Waals surface area (Å²) in [5.41, 5.74) is 0. The average Bonchev–Trinajstić information content (AvgIpc) is 2.82. The first-order chi connectivity index (χ1) is 16.0. The number of hydrogen-bond donors (Lipinski definition) is 11. The van der Waals surface area contributed by atoms with E-state index in [1.807, 2.05) is 0 Å². The second-order valence-corrected chi connectivity index (χ2v) is 8.33. The zero-order chi connectivity index (χ0) is 25.3. The highest BCUT2D eigenvalue weighted by atomic mass is 16.7. The van der Waals surface area contributed by atoms with Crippen LogP contribution in [0.4, 0.5) is 0 Å². The summed E-state index contributed by atoms with van der Waals surface area (Å²) in [4.78, 5) is 0. The lowest BCUT2D eigenvalue weighted by Crippen LogP contribution is -2.66. The summed E-state index contributed by atoms with van der Waals surface area (Å²) in [5.74, 6) is 0. The first-order valence-electron chi connectivity index (χ1n) is 10.6. The van der Waals surface area contributed by atoms with Gasteiger partial charge >= 0.3 is 0 Å².